The van der Waals surface area contributed by atoms with Crippen molar-refractivity contribution >= 4 is 32.7 Å². The van der Waals surface area contributed by atoms with Gasteiger partial charge in [-0.25, -0.2) is 4.79 Å². The number of halogens is 1. The lowest BCUT2D eigenvalue weighted by Crippen LogP contribution is -2.40. The zero-order chi connectivity index (χ0) is 14.1. The largest absolute Gasteiger partial charge is 0.382 e. The molecule has 0 spiro atoms. The Labute approximate surface area is 125 Å². The number of aromatic amines is 2. The SMILES string of the molecule is CN1CCCCC1CNc1cc2[nH]c(=O)[nH]c2cc1Br. The van der Waals surface area contributed by atoms with Gasteiger partial charge in [0, 0.05) is 17.1 Å². The van der Waals surface area contributed by atoms with Crippen molar-refractivity contribution in [3.05, 3.63) is 27.1 Å². The van der Waals surface area contributed by atoms with Crippen LogP contribution in [0.5, 0.6) is 0 Å². The molecule has 0 saturated carbocycles. The van der Waals surface area contributed by atoms with E-state index in [-0.39, 0.29) is 5.69 Å². The first kappa shape index (κ1) is 13.7. The molecule has 0 amide bonds. The summed E-state index contributed by atoms with van der Waals surface area (Å²) in [6, 6.07) is 4.48. The van der Waals surface area contributed by atoms with Crippen LogP contribution < -0.4 is 11.0 Å². The first-order valence-electron chi connectivity index (χ1n) is 6.99. The Morgan fingerprint density at radius 3 is 2.85 bits per heavy atom. The highest BCUT2D eigenvalue weighted by molar-refractivity contribution is 9.10. The van der Waals surface area contributed by atoms with Gasteiger partial charge in [0.1, 0.15) is 0 Å². The second-order valence-corrected chi connectivity index (χ2v) is 6.32. The van der Waals surface area contributed by atoms with Crippen LogP contribution in [0.1, 0.15) is 19.3 Å². The Bertz CT molecular complexity index is 663. The Balaban J connectivity index is 1.76. The number of hydrogen-bond acceptors (Lipinski definition) is 3. The third-order valence-electron chi connectivity index (χ3n) is 4.05. The molecule has 0 radical (unpaired) electrons. The van der Waals surface area contributed by atoms with Crippen LogP contribution in [0.15, 0.2) is 21.4 Å². The average molecular weight is 339 g/mol. The van der Waals surface area contributed by atoms with Crippen LogP contribution >= 0.6 is 15.9 Å². The molecule has 3 N–H and O–H groups in total. The number of benzene rings is 1. The molecule has 5 nitrogen and oxygen atoms in total. The second-order valence-electron chi connectivity index (χ2n) is 5.47. The fourth-order valence-electron chi connectivity index (χ4n) is 2.82. The molecule has 0 aliphatic carbocycles. The molecule has 1 saturated heterocycles. The monoisotopic (exact) mass is 338 g/mol. The van der Waals surface area contributed by atoms with Crippen LogP contribution in [0, 0.1) is 0 Å². The van der Waals surface area contributed by atoms with Crippen LogP contribution in [0.25, 0.3) is 11.0 Å². The van der Waals surface area contributed by atoms with E-state index in [0.29, 0.717) is 6.04 Å². The highest BCUT2D eigenvalue weighted by atomic mass is 79.9. The molecule has 1 unspecified atom stereocenters. The quantitative estimate of drug-likeness (QED) is 0.805. The molecular weight excluding hydrogens is 320 g/mol. The predicted molar refractivity (Wildman–Crippen MR) is 85.4 cm³/mol. The highest BCUT2D eigenvalue weighted by Crippen LogP contribution is 2.27. The minimum absolute atomic E-state index is 0.170. The van der Waals surface area contributed by atoms with E-state index >= 15 is 0 Å². The molecule has 1 fully saturated rings. The number of aromatic nitrogens is 2. The van der Waals surface area contributed by atoms with Crippen molar-refractivity contribution in [2.24, 2.45) is 0 Å². The number of nitrogens with zero attached hydrogens (tertiary/aromatic N) is 1. The molecule has 108 valence electrons. The third kappa shape index (κ3) is 2.76. The van der Waals surface area contributed by atoms with Crippen molar-refractivity contribution in [2.75, 3.05) is 25.5 Å². The summed E-state index contributed by atoms with van der Waals surface area (Å²) in [5, 5.41) is 3.49. The Morgan fingerprint density at radius 2 is 2.10 bits per heavy atom. The summed E-state index contributed by atoms with van der Waals surface area (Å²) in [6.07, 6.45) is 3.85. The zero-order valence-corrected chi connectivity index (χ0v) is 13.1. The molecule has 0 bridgehead atoms. The molecule has 3 rings (SSSR count). The molecule has 1 aromatic carbocycles. The van der Waals surface area contributed by atoms with Gasteiger partial charge in [0.2, 0.25) is 0 Å². The number of fused-ring (bicyclic) bond motifs is 1. The third-order valence-corrected chi connectivity index (χ3v) is 4.71. The van der Waals surface area contributed by atoms with Crippen molar-refractivity contribution in [1.29, 1.82) is 0 Å². The van der Waals surface area contributed by atoms with Crippen LogP contribution in [0.2, 0.25) is 0 Å². The Kier molecular flexibility index (Phi) is 3.85. The van der Waals surface area contributed by atoms with Gasteiger partial charge in [-0.2, -0.15) is 0 Å². The van der Waals surface area contributed by atoms with E-state index < -0.39 is 0 Å². The van der Waals surface area contributed by atoms with E-state index in [1.165, 1.54) is 25.8 Å². The van der Waals surface area contributed by atoms with Gasteiger partial charge in [0.05, 0.1) is 16.7 Å². The number of H-pyrrole nitrogens is 2. The fraction of sp³-hybridized carbons (Fsp3) is 0.500. The number of nitrogens with one attached hydrogen (secondary N) is 3. The number of imidazole rings is 1. The van der Waals surface area contributed by atoms with Crippen molar-refractivity contribution in [2.45, 2.75) is 25.3 Å². The van der Waals surface area contributed by atoms with Crippen molar-refractivity contribution in [1.82, 2.24) is 14.9 Å². The van der Waals surface area contributed by atoms with Crippen molar-refractivity contribution in [3.63, 3.8) is 0 Å². The Morgan fingerprint density at radius 1 is 1.35 bits per heavy atom. The molecule has 1 aliphatic rings. The van der Waals surface area contributed by atoms with Crippen LogP contribution in [0.4, 0.5) is 5.69 Å². The summed E-state index contributed by atoms with van der Waals surface area (Å²) in [7, 11) is 2.19. The predicted octanol–water partition coefficient (Wildman–Crippen LogP) is 2.51. The lowest BCUT2D eigenvalue weighted by Gasteiger charge is -2.32. The maximum atomic E-state index is 11.3. The molecule has 2 aromatic rings. The van der Waals surface area contributed by atoms with Crippen LogP contribution in [0.3, 0.4) is 0 Å². The zero-order valence-electron chi connectivity index (χ0n) is 11.5. The fourth-order valence-corrected chi connectivity index (χ4v) is 3.30. The normalized spacial score (nSPS) is 20.4. The second kappa shape index (κ2) is 5.61. The standard InChI is InChI=1S/C14H19BrN4O/c1-19-5-3-2-4-9(19)8-16-11-7-13-12(6-10(11)15)17-14(20)18-13/h6-7,9,16H,2-5,8H2,1H3,(H2,17,18,20). The lowest BCUT2D eigenvalue weighted by molar-refractivity contribution is 0.194. The van der Waals surface area contributed by atoms with Gasteiger partial charge in [0.15, 0.2) is 0 Å². The summed E-state index contributed by atoms with van der Waals surface area (Å²) >= 11 is 3.55. The van der Waals surface area contributed by atoms with Gasteiger partial charge in [-0.15, -0.1) is 0 Å². The first-order chi connectivity index (χ1) is 9.63. The van der Waals surface area contributed by atoms with Gasteiger partial charge in [0.25, 0.3) is 0 Å². The summed E-state index contributed by atoms with van der Waals surface area (Å²) in [4.78, 5) is 19.3. The molecule has 2 heterocycles. The maximum absolute atomic E-state index is 11.3. The van der Waals surface area contributed by atoms with E-state index in [2.05, 4.69) is 43.2 Å². The number of likely N-dealkylation sites (tertiary alicyclic amines) is 1. The van der Waals surface area contributed by atoms with Gasteiger partial charge in [-0.05, 0) is 54.5 Å². The minimum Gasteiger partial charge on any atom is -0.382 e. The van der Waals surface area contributed by atoms with E-state index in [1.54, 1.807) is 0 Å². The smallest absolute Gasteiger partial charge is 0.323 e. The minimum atomic E-state index is -0.170. The summed E-state index contributed by atoms with van der Waals surface area (Å²) in [5.41, 5.74) is 2.50. The number of rotatable bonds is 3. The van der Waals surface area contributed by atoms with Gasteiger partial charge in [-0.1, -0.05) is 6.42 Å². The van der Waals surface area contributed by atoms with Gasteiger partial charge < -0.3 is 20.2 Å². The highest BCUT2D eigenvalue weighted by Gasteiger charge is 2.18. The lowest BCUT2D eigenvalue weighted by atomic mass is 10.0. The Hall–Kier alpha value is -1.27. The van der Waals surface area contributed by atoms with Crippen molar-refractivity contribution < 1.29 is 0 Å². The van der Waals surface area contributed by atoms with Gasteiger partial charge in [-0.3, -0.25) is 0 Å². The molecule has 20 heavy (non-hydrogen) atoms. The number of likely N-dealkylation sites (N-methyl/N-ethyl adjacent to an activating group) is 1. The van der Waals surface area contributed by atoms with Crippen molar-refractivity contribution in [3.8, 4) is 0 Å². The number of piperidine rings is 1. The number of anilines is 1. The van der Waals surface area contributed by atoms with E-state index in [0.717, 1.165) is 27.7 Å². The molecular formula is C14H19BrN4O. The van der Waals surface area contributed by atoms with Gasteiger partial charge >= 0.3 is 5.69 Å². The van der Waals surface area contributed by atoms with Crippen LogP contribution in [-0.2, 0) is 0 Å². The molecule has 1 aliphatic heterocycles. The molecule has 1 aromatic heterocycles. The summed E-state index contributed by atoms with van der Waals surface area (Å²) in [6.45, 7) is 2.10. The summed E-state index contributed by atoms with van der Waals surface area (Å²) < 4.78 is 0.971. The first-order valence-corrected chi connectivity index (χ1v) is 7.78. The number of hydrogen-bond donors (Lipinski definition) is 3. The topological polar surface area (TPSA) is 63.9 Å². The van der Waals surface area contributed by atoms with Crippen LogP contribution in [-0.4, -0.2) is 41.0 Å². The van der Waals surface area contributed by atoms with E-state index in [9.17, 15) is 4.79 Å². The molecule has 6 heteroatoms. The maximum Gasteiger partial charge on any atom is 0.323 e. The van der Waals surface area contributed by atoms with E-state index in [1.807, 2.05) is 12.1 Å². The summed E-state index contributed by atoms with van der Waals surface area (Å²) in [5.74, 6) is 0. The molecule has 1 atom stereocenters. The van der Waals surface area contributed by atoms with E-state index in [4.69, 9.17) is 0 Å². The average Bonchev–Trinajstić information content (AvgIpc) is 2.76.